The van der Waals surface area contributed by atoms with E-state index in [1.807, 2.05) is 0 Å². The maximum Gasteiger partial charge on any atom is 0.387 e. The van der Waals surface area contributed by atoms with Crippen molar-refractivity contribution in [1.29, 1.82) is 0 Å². The lowest BCUT2D eigenvalue weighted by molar-refractivity contribution is -0.142. The van der Waals surface area contributed by atoms with E-state index >= 15 is 0 Å². The van der Waals surface area contributed by atoms with Gasteiger partial charge in [-0.25, -0.2) is 9.18 Å². The fraction of sp³-hybridized carbons (Fsp3) is 0.467. The zero-order valence-electron chi connectivity index (χ0n) is 12.6. The lowest BCUT2D eigenvalue weighted by Gasteiger charge is -2.26. The van der Waals surface area contributed by atoms with E-state index in [0.717, 1.165) is 18.2 Å². The monoisotopic (exact) mass is 346 g/mol. The molecule has 0 saturated heterocycles. The van der Waals surface area contributed by atoms with Gasteiger partial charge in [-0.2, -0.15) is 8.78 Å². The minimum atomic E-state index is -3.06. The van der Waals surface area contributed by atoms with Crippen molar-refractivity contribution in [3.63, 3.8) is 0 Å². The van der Waals surface area contributed by atoms with Gasteiger partial charge < -0.3 is 20.5 Å². The molecule has 1 aliphatic rings. The molecule has 0 aromatic heterocycles. The second-order valence-electron chi connectivity index (χ2n) is 5.51. The Kier molecular flexibility index (Phi) is 5.88. The summed E-state index contributed by atoms with van der Waals surface area (Å²) in [7, 11) is 0. The molecular formula is C15H17F3N2O4. The van der Waals surface area contributed by atoms with E-state index < -0.39 is 30.3 Å². The molecule has 1 aliphatic carbocycles. The van der Waals surface area contributed by atoms with Crippen LogP contribution in [0.25, 0.3) is 0 Å². The van der Waals surface area contributed by atoms with Crippen molar-refractivity contribution in [1.82, 2.24) is 5.32 Å². The van der Waals surface area contributed by atoms with Gasteiger partial charge in [-0.1, -0.05) is 0 Å². The fourth-order valence-electron chi connectivity index (χ4n) is 2.60. The summed E-state index contributed by atoms with van der Waals surface area (Å²) in [6, 6.07) is 2.15. The van der Waals surface area contributed by atoms with Gasteiger partial charge in [0.05, 0.1) is 11.6 Å². The summed E-state index contributed by atoms with van der Waals surface area (Å²) in [5.41, 5.74) is -0.173. The Morgan fingerprint density at radius 3 is 2.42 bits per heavy atom. The number of alkyl halides is 2. The minimum Gasteiger partial charge on any atom is -0.481 e. The predicted octanol–water partition coefficient (Wildman–Crippen LogP) is 3.19. The highest BCUT2D eigenvalue weighted by molar-refractivity contribution is 5.89. The second-order valence-corrected chi connectivity index (χ2v) is 5.51. The number of nitrogens with one attached hydrogen (secondary N) is 2. The van der Waals surface area contributed by atoms with Gasteiger partial charge in [0.1, 0.15) is 11.6 Å². The van der Waals surface area contributed by atoms with Crippen molar-refractivity contribution in [3.8, 4) is 5.75 Å². The van der Waals surface area contributed by atoms with Crippen LogP contribution in [0, 0.1) is 11.7 Å². The second kappa shape index (κ2) is 7.89. The molecule has 0 heterocycles. The molecule has 1 fully saturated rings. The number of anilines is 1. The third-order valence-electron chi connectivity index (χ3n) is 3.83. The molecule has 0 bridgehead atoms. The number of halogens is 3. The van der Waals surface area contributed by atoms with Gasteiger partial charge in [0.15, 0.2) is 0 Å². The van der Waals surface area contributed by atoms with Crippen LogP contribution in [-0.4, -0.2) is 29.8 Å². The van der Waals surface area contributed by atoms with E-state index in [0.29, 0.717) is 25.7 Å². The van der Waals surface area contributed by atoms with Crippen LogP contribution in [0.15, 0.2) is 18.2 Å². The standard InChI is InChI=1S/C15H17F3N2O4/c16-11-7-10(24-14(17)18)5-6-12(11)20-15(23)19-9-3-1-8(2-4-9)13(21)22/h5-9,14H,1-4H2,(H,21,22)(H2,19,20,23). The fourth-order valence-corrected chi connectivity index (χ4v) is 2.60. The molecule has 2 rings (SSSR count). The molecule has 0 aliphatic heterocycles. The largest absolute Gasteiger partial charge is 0.481 e. The first-order valence-electron chi connectivity index (χ1n) is 7.40. The number of aliphatic carboxylic acids is 1. The molecule has 2 amide bonds. The van der Waals surface area contributed by atoms with Crippen molar-refractivity contribution in [2.24, 2.45) is 5.92 Å². The zero-order chi connectivity index (χ0) is 17.7. The molecule has 24 heavy (non-hydrogen) atoms. The minimum absolute atomic E-state index is 0.173. The molecule has 0 atom stereocenters. The molecule has 132 valence electrons. The number of carboxylic acids is 1. The number of ether oxygens (including phenoxy) is 1. The van der Waals surface area contributed by atoms with Crippen LogP contribution in [-0.2, 0) is 4.79 Å². The number of urea groups is 1. The van der Waals surface area contributed by atoms with Crippen molar-refractivity contribution >= 4 is 17.7 Å². The SMILES string of the molecule is O=C(Nc1ccc(OC(F)F)cc1F)NC1CCC(C(=O)O)CC1. The van der Waals surface area contributed by atoms with Gasteiger partial charge in [-0.15, -0.1) is 0 Å². The van der Waals surface area contributed by atoms with Gasteiger partial charge in [0.25, 0.3) is 0 Å². The molecule has 0 spiro atoms. The predicted molar refractivity (Wildman–Crippen MR) is 78.6 cm³/mol. The van der Waals surface area contributed by atoms with E-state index in [2.05, 4.69) is 15.4 Å². The van der Waals surface area contributed by atoms with Crippen LogP contribution in [0.2, 0.25) is 0 Å². The quantitative estimate of drug-likeness (QED) is 0.764. The zero-order valence-corrected chi connectivity index (χ0v) is 12.6. The third kappa shape index (κ3) is 5.04. The van der Waals surface area contributed by atoms with E-state index in [1.165, 1.54) is 0 Å². The molecule has 0 radical (unpaired) electrons. The Morgan fingerprint density at radius 2 is 1.88 bits per heavy atom. The molecule has 1 saturated carbocycles. The lowest BCUT2D eigenvalue weighted by atomic mass is 9.86. The van der Waals surface area contributed by atoms with Crippen molar-refractivity contribution < 1.29 is 32.6 Å². The van der Waals surface area contributed by atoms with Gasteiger partial charge in [-0.05, 0) is 37.8 Å². The van der Waals surface area contributed by atoms with E-state index in [9.17, 15) is 22.8 Å². The Hall–Kier alpha value is -2.45. The average molecular weight is 346 g/mol. The van der Waals surface area contributed by atoms with Crippen LogP contribution in [0.5, 0.6) is 5.75 Å². The molecule has 0 unspecified atom stereocenters. The van der Waals surface area contributed by atoms with Crippen molar-refractivity contribution in [2.75, 3.05) is 5.32 Å². The Morgan fingerprint density at radius 1 is 1.21 bits per heavy atom. The van der Waals surface area contributed by atoms with E-state index in [-0.39, 0.29) is 17.5 Å². The van der Waals surface area contributed by atoms with E-state index in [4.69, 9.17) is 5.11 Å². The third-order valence-corrected chi connectivity index (χ3v) is 3.83. The summed E-state index contributed by atoms with van der Waals surface area (Å²) >= 11 is 0. The number of hydrogen-bond acceptors (Lipinski definition) is 3. The highest BCUT2D eigenvalue weighted by Crippen LogP contribution is 2.25. The van der Waals surface area contributed by atoms with Crippen LogP contribution in [0.1, 0.15) is 25.7 Å². The van der Waals surface area contributed by atoms with Crippen molar-refractivity contribution in [2.45, 2.75) is 38.3 Å². The first-order valence-corrected chi connectivity index (χ1v) is 7.40. The summed E-state index contributed by atoms with van der Waals surface area (Å²) in [4.78, 5) is 22.7. The first-order chi connectivity index (χ1) is 11.3. The number of amides is 2. The Bertz CT molecular complexity index is 604. The topological polar surface area (TPSA) is 87.7 Å². The average Bonchev–Trinajstić information content (AvgIpc) is 2.50. The molecular weight excluding hydrogens is 329 g/mol. The number of carbonyl (C=O) groups is 2. The Labute approximate surface area is 136 Å². The highest BCUT2D eigenvalue weighted by atomic mass is 19.3. The van der Waals surface area contributed by atoms with Gasteiger partial charge in [-0.3, -0.25) is 4.79 Å². The normalized spacial score (nSPS) is 20.5. The van der Waals surface area contributed by atoms with Crippen molar-refractivity contribution in [3.05, 3.63) is 24.0 Å². The number of carboxylic acid groups (broad SMARTS) is 1. The van der Waals surface area contributed by atoms with Gasteiger partial charge in [0.2, 0.25) is 0 Å². The van der Waals surface area contributed by atoms with Crippen LogP contribution < -0.4 is 15.4 Å². The van der Waals surface area contributed by atoms with Gasteiger partial charge in [0, 0.05) is 12.1 Å². The summed E-state index contributed by atoms with van der Waals surface area (Å²) in [5, 5.41) is 13.8. The summed E-state index contributed by atoms with van der Waals surface area (Å²) in [5.74, 6) is -2.49. The molecule has 1 aromatic rings. The summed E-state index contributed by atoms with van der Waals surface area (Å²) in [6.07, 6.45) is 1.98. The maximum absolute atomic E-state index is 13.7. The first kappa shape index (κ1) is 17.9. The number of hydrogen-bond donors (Lipinski definition) is 3. The molecule has 1 aromatic carbocycles. The molecule has 6 nitrogen and oxygen atoms in total. The number of carbonyl (C=O) groups excluding carboxylic acids is 1. The maximum atomic E-state index is 13.7. The number of benzene rings is 1. The van der Waals surface area contributed by atoms with E-state index in [1.54, 1.807) is 0 Å². The van der Waals surface area contributed by atoms with Crippen LogP contribution >= 0.6 is 0 Å². The molecule has 3 N–H and O–H groups in total. The lowest BCUT2D eigenvalue weighted by Crippen LogP contribution is -2.41. The smallest absolute Gasteiger partial charge is 0.387 e. The Balaban J connectivity index is 1.85. The van der Waals surface area contributed by atoms with Gasteiger partial charge >= 0.3 is 18.6 Å². The summed E-state index contributed by atoms with van der Waals surface area (Å²) in [6.45, 7) is -3.06. The highest BCUT2D eigenvalue weighted by Gasteiger charge is 2.26. The molecule has 9 heteroatoms. The van der Waals surface area contributed by atoms with Crippen LogP contribution in [0.4, 0.5) is 23.7 Å². The van der Waals surface area contributed by atoms with Crippen LogP contribution in [0.3, 0.4) is 0 Å². The number of rotatable bonds is 5. The summed E-state index contributed by atoms with van der Waals surface area (Å²) < 4.78 is 41.9.